The maximum atomic E-state index is 11.9. The molecule has 0 atom stereocenters. The van der Waals surface area contributed by atoms with Crippen molar-refractivity contribution < 1.29 is 9.59 Å². The van der Waals surface area contributed by atoms with E-state index in [-0.39, 0.29) is 12.1 Å². The molecule has 0 saturated carbocycles. The summed E-state index contributed by atoms with van der Waals surface area (Å²) in [5, 5.41) is 6.77. The first kappa shape index (κ1) is 13.0. The van der Waals surface area contributed by atoms with Gasteiger partial charge < -0.3 is 11.1 Å². The van der Waals surface area contributed by atoms with E-state index in [0.29, 0.717) is 10.7 Å². The third kappa shape index (κ3) is 3.29. The molecule has 19 heavy (non-hydrogen) atoms. The van der Waals surface area contributed by atoms with Crippen LogP contribution in [0.1, 0.15) is 10.4 Å². The summed E-state index contributed by atoms with van der Waals surface area (Å²) in [5.41, 5.74) is 5.73. The van der Waals surface area contributed by atoms with Crippen LogP contribution in [0.25, 0.3) is 0 Å². The summed E-state index contributed by atoms with van der Waals surface area (Å²) in [6, 6.07) is 1.52. The van der Waals surface area contributed by atoms with E-state index in [0.717, 1.165) is 0 Å². The van der Waals surface area contributed by atoms with Gasteiger partial charge in [-0.2, -0.15) is 5.10 Å². The number of anilines is 1. The maximum Gasteiger partial charge on any atom is 0.258 e. The Hall–Kier alpha value is -2.41. The van der Waals surface area contributed by atoms with Crippen LogP contribution in [0.2, 0.25) is 5.02 Å². The average Bonchev–Trinajstić information content (AvgIpc) is 2.76. The number of rotatable bonds is 4. The Balaban J connectivity index is 2.09. The van der Waals surface area contributed by atoms with Gasteiger partial charge in [-0.05, 0) is 6.07 Å². The number of primary amides is 1. The van der Waals surface area contributed by atoms with Gasteiger partial charge in [-0.15, -0.1) is 0 Å². The SMILES string of the molecule is NC(=O)Cn1cc(NC(=O)c2cnccc2Cl)cn1. The number of carbonyl (C=O) groups excluding carboxylic acids is 2. The van der Waals surface area contributed by atoms with E-state index in [1.54, 1.807) is 0 Å². The topological polar surface area (TPSA) is 103 Å². The van der Waals surface area contributed by atoms with Gasteiger partial charge in [0.25, 0.3) is 5.91 Å². The van der Waals surface area contributed by atoms with Crippen LogP contribution < -0.4 is 11.1 Å². The van der Waals surface area contributed by atoms with E-state index in [9.17, 15) is 9.59 Å². The van der Waals surface area contributed by atoms with E-state index in [1.807, 2.05) is 0 Å². The molecule has 0 radical (unpaired) electrons. The highest BCUT2D eigenvalue weighted by Gasteiger charge is 2.11. The summed E-state index contributed by atoms with van der Waals surface area (Å²) in [4.78, 5) is 26.4. The second-order valence-corrected chi connectivity index (χ2v) is 4.11. The minimum Gasteiger partial charge on any atom is -0.368 e. The van der Waals surface area contributed by atoms with Crippen LogP contribution in [-0.2, 0) is 11.3 Å². The number of halogens is 1. The summed E-state index contributed by atoms with van der Waals surface area (Å²) < 4.78 is 1.32. The van der Waals surface area contributed by atoms with Crippen molar-refractivity contribution in [1.82, 2.24) is 14.8 Å². The summed E-state index contributed by atoms with van der Waals surface area (Å²) in [6.07, 6.45) is 5.76. The maximum absolute atomic E-state index is 11.9. The molecule has 2 aromatic rings. The molecule has 0 saturated heterocycles. The molecule has 3 N–H and O–H groups in total. The molecular formula is C11H10ClN5O2. The molecule has 0 spiro atoms. The quantitative estimate of drug-likeness (QED) is 0.858. The highest BCUT2D eigenvalue weighted by molar-refractivity contribution is 6.34. The number of hydrogen-bond donors (Lipinski definition) is 2. The van der Waals surface area contributed by atoms with E-state index >= 15 is 0 Å². The Morgan fingerprint density at radius 3 is 2.89 bits per heavy atom. The average molecular weight is 280 g/mol. The molecule has 98 valence electrons. The normalized spacial score (nSPS) is 10.2. The standard InChI is InChI=1S/C11H10ClN5O2/c12-9-1-2-14-4-8(9)11(19)16-7-3-15-17(5-7)6-10(13)18/h1-5H,6H2,(H2,13,18)(H,16,19). The number of nitrogens with zero attached hydrogens (tertiary/aromatic N) is 3. The number of pyridine rings is 1. The van der Waals surface area contributed by atoms with Gasteiger partial charge in [0.15, 0.2) is 0 Å². The van der Waals surface area contributed by atoms with Crippen LogP contribution in [0.3, 0.4) is 0 Å². The molecule has 2 rings (SSSR count). The molecule has 8 heteroatoms. The Kier molecular flexibility index (Phi) is 3.76. The van der Waals surface area contributed by atoms with Gasteiger partial charge in [-0.1, -0.05) is 11.6 Å². The van der Waals surface area contributed by atoms with Crippen molar-refractivity contribution in [3.05, 3.63) is 41.4 Å². The zero-order chi connectivity index (χ0) is 13.8. The van der Waals surface area contributed by atoms with Crippen LogP contribution in [0.15, 0.2) is 30.9 Å². The van der Waals surface area contributed by atoms with Crippen molar-refractivity contribution in [1.29, 1.82) is 0 Å². The molecule has 7 nitrogen and oxygen atoms in total. The Bertz CT molecular complexity index is 625. The van der Waals surface area contributed by atoms with Crippen molar-refractivity contribution >= 4 is 29.1 Å². The fourth-order valence-electron chi connectivity index (χ4n) is 1.42. The molecule has 2 amide bonds. The number of carbonyl (C=O) groups is 2. The summed E-state index contributed by atoms with van der Waals surface area (Å²) in [5.74, 6) is -0.923. The summed E-state index contributed by atoms with van der Waals surface area (Å²) in [6.45, 7) is -0.0521. The second-order valence-electron chi connectivity index (χ2n) is 3.70. The zero-order valence-corrected chi connectivity index (χ0v) is 10.5. The monoisotopic (exact) mass is 279 g/mol. The minimum absolute atomic E-state index is 0.0521. The lowest BCUT2D eigenvalue weighted by Crippen LogP contribution is -2.18. The number of nitrogens with two attached hydrogens (primary N) is 1. The van der Waals surface area contributed by atoms with E-state index in [4.69, 9.17) is 17.3 Å². The van der Waals surface area contributed by atoms with Gasteiger partial charge in [0.2, 0.25) is 5.91 Å². The van der Waals surface area contributed by atoms with E-state index < -0.39 is 11.8 Å². The first-order valence-electron chi connectivity index (χ1n) is 5.28. The van der Waals surface area contributed by atoms with Gasteiger partial charge in [-0.25, -0.2) is 0 Å². The lowest BCUT2D eigenvalue weighted by Gasteiger charge is -2.03. The van der Waals surface area contributed by atoms with E-state index in [1.165, 1.54) is 35.5 Å². The lowest BCUT2D eigenvalue weighted by molar-refractivity contribution is -0.118. The molecule has 0 aliphatic heterocycles. The number of nitrogens with one attached hydrogen (secondary N) is 1. The minimum atomic E-state index is -0.517. The van der Waals surface area contributed by atoms with Gasteiger partial charge in [0, 0.05) is 18.6 Å². The fraction of sp³-hybridized carbons (Fsp3) is 0.0909. The predicted molar refractivity (Wildman–Crippen MR) is 68.6 cm³/mol. The third-order valence-corrected chi connectivity index (χ3v) is 2.55. The Labute approximate surface area is 113 Å². The molecule has 0 aromatic carbocycles. The molecule has 0 aliphatic carbocycles. The van der Waals surface area contributed by atoms with Crippen molar-refractivity contribution in [3.8, 4) is 0 Å². The second kappa shape index (κ2) is 5.49. The van der Waals surface area contributed by atoms with Gasteiger partial charge in [0.05, 0.1) is 22.5 Å². The number of hydrogen-bond acceptors (Lipinski definition) is 4. The van der Waals surface area contributed by atoms with Crippen LogP contribution in [-0.4, -0.2) is 26.6 Å². The zero-order valence-electron chi connectivity index (χ0n) is 9.71. The first-order chi connectivity index (χ1) is 9.06. The third-order valence-electron chi connectivity index (χ3n) is 2.22. The van der Waals surface area contributed by atoms with Gasteiger partial charge in [-0.3, -0.25) is 19.3 Å². The molecule has 0 fully saturated rings. The molecule has 0 unspecified atom stereocenters. The highest BCUT2D eigenvalue weighted by atomic mass is 35.5. The predicted octanol–water partition coefficient (Wildman–Crippen LogP) is 0.669. The number of amides is 2. The summed E-state index contributed by atoms with van der Waals surface area (Å²) >= 11 is 5.88. The molecule has 0 aliphatic rings. The van der Waals surface area contributed by atoms with E-state index in [2.05, 4.69) is 15.4 Å². The summed E-state index contributed by atoms with van der Waals surface area (Å²) in [7, 11) is 0. The van der Waals surface area contributed by atoms with Crippen LogP contribution in [0.4, 0.5) is 5.69 Å². The van der Waals surface area contributed by atoms with Crippen LogP contribution >= 0.6 is 11.6 Å². The largest absolute Gasteiger partial charge is 0.368 e. The van der Waals surface area contributed by atoms with Gasteiger partial charge >= 0.3 is 0 Å². The van der Waals surface area contributed by atoms with Gasteiger partial charge in [0.1, 0.15) is 6.54 Å². The van der Waals surface area contributed by atoms with Crippen LogP contribution in [0, 0.1) is 0 Å². The van der Waals surface area contributed by atoms with Crippen molar-refractivity contribution in [2.75, 3.05) is 5.32 Å². The van der Waals surface area contributed by atoms with Crippen molar-refractivity contribution in [3.63, 3.8) is 0 Å². The first-order valence-corrected chi connectivity index (χ1v) is 5.65. The molecule has 0 bridgehead atoms. The van der Waals surface area contributed by atoms with Crippen LogP contribution in [0.5, 0.6) is 0 Å². The number of aromatic nitrogens is 3. The highest BCUT2D eigenvalue weighted by Crippen LogP contribution is 2.15. The Morgan fingerprint density at radius 2 is 2.21 bits per heavy atom. The Morgan fingerprint density at radius 1 is 1.42 bits per heavy atom. The molecule has 2 heterocycles. The molecule has 2 aromatic heterocycles. The van der Waals surface area contributed by atoms with Crippen molar-refractivity contribution in [2.45, 2.75) is 6.54 Å². The fourth-order valence-corrected chi connectivity index (χ4v) is 1.61. The molecular weight excluding hydrogens is 270 g/mol. The van der Waals surface area contributed by atoms with Crippen molar-refractivity contribution in [2.24, 2.45) is 5.73 Å². The lowest BCUT2D eigenvalue weighted by atomic mass is 10.2. The smallest absolute Gasteiger partial charge is 0.258 e.